The molecule has 0 aliphatic heterocycles. The molecule has 0 atom stereocenters. The molecule has 4 heavy (non-hydrogen) atoms. The minimum absolute atomic E-state index is 0. The molecule has 0 saturated carbocycles. The van der Waals surface area contributed by atoms with Crippen LogP contribution >= 0.6 is 0 Å². The second-order valence-corrected chi connectivity index (χ2v) is 0.0583. The fourth-order valence-corrected chi connectivity index (χ4v) is 0. The van der Waals surface area contributed by atoms with Crippen LogP contribution in [0.3, 0.4) is 0 Å². The van der Waals surface area contributed by atoms with Gasteiger partial charge >= 0.3 is 0 Å². The average Bonchev–Trinajstić information content (AvgIpc) is 0.918. The van der Waals surface area contributed by atoms with Crippen molar-refractivity contribution in [2.75, 3.05) is 0 Å². The van der Waals surface area contributed by atoms with Crippen LogP contribution < -0.4 is 0 Å². The van der Waals surface area contributed by atoms with Crippen LogP contribution in [-0.4, -0.2) is 0 Å². The van der Waals surface area contributed by atoms with Crippen molar-refractivity contribution < 1.29 is 45.3 Å². The number of hydrogen-bond donors (Lipinski definition) is 0. The topological polar surface area (TPSA) is 9.23 Å². The van der Waals surface area contributed by atoms with E-state index in [9.17, 15) is 0 Å². The third kappa shape index (κ3) is 13.2. The molecule has 0 aliphatic rings. The quantitative estimate of drug-likeness (QED) is 0.641. The fourth-order valence-electron chi connectivity index (χ4n) is 0. The monoisotopic (exact) mass is 292 g/mol. The van der Waals surface area contributed by atoms with E-state index >= 15 is 0 Å². The van der Waals surface area contributed by atoms with Gasteiger partial charge < -0.3 is 0 Å². The van der Waals surface area contributed by atoms with E-state index in [-0.39, 0.29) is 31.1 Å². The Hall–Kier alpha value is 0.872. The molecule has 0 spiro atoms. The second kappa shape index (κ2) is 9.11. The zero-order valence-corrected chi connectivity index (χ0v) is 5.83. The van der Waals surface area contributed by atoms with Gasteiger partial charge in [0.2, 0.25) is 0 Å². The van der Waals surface area contributed by atoms with Crippen molar-refractivity contribution in [1.29, 1.82) is 0 Å². The van der Waals surface area contributed by atoms with Gasteiger partial charge in [0.05, 0.1) is 0 Å². The van der Waals surface area contributed by atoms with Crippen LogP contribution in [0.2, 0.25) is 0 Å². The van der Waals surface area contributed by atoms with Crippen LogP contribution in [0.15, 0.2) is 0 Å². The van der Waals surface area contributed by atoms with E-state index < -0.39 is 0 Å². The molecule has 4 heteroatoms. The maximum Gasteiger partial charge on any atom is 0.0209 e. The smallest absolute Gasteiger partial charge is 0.0104 e. The Morgan fingerprint density at radius 3 is 1.25 bits per heavy atom. The molecular weight excluding hydrogens is 292 g/mol. The number of halogens is 2. The summed E-state index contributed by atoms with van der Waals surface area (Å²) in [4.78, 5) is 0. The molecule has 0 amide bonds. The molecule has 0 aliphatic carbocycles. The van der Waals surface area contributed by atoms with Crippen LogP contribution in [0.5, 0.6) is 0 Å². The van der Waals surface area contributed by atoms with E-state index in [1.54, 1.807) is 0 Å². The summed E-state index contributed by atoms with van der Waals surface area (Å²) in [5, 5.41) is 1.25. The zero-order valence-electron chi connectivity index (χ0n) is 1.66. The van der Waals surface area contributed by atoms with Gasteiger partial charge in [-0.3, -0.25) is 0 Å². The van der Waals surface area contributed by atoms with Gasteiger partial charge in [-0.05, 0) is 9.05 Å². The number of rotatable bonds is 0. The van der Waals surface area contributed by atoms with E-state index in [2.05, 4.69) is 0 Å². The van der Waals surface area contributed by atoms with Crippen molar-refractivity contribution in [3.8, 4) is 0 Å². The molecule has 0 aromatic carbocycles. The molecule has 0 bridgehead atoms. The van der Waals surface area contributed by atoms with E-state index in [0.717, 1.165) is 0 Å². The summed E-state index contributed by atoms with van der Waals surface area (Å²) >= 11 is 0. The van der Waals surface area contributed by atoms with E-state index in [0.29, 0.717) is 0 Å². The predicted octanol–water partition coefficient (Wildman–Crippen LogP) is 0.772. The predicted molar refractivity (Wildman–Crippen MR) is 3.30 cm³/mol. The first-order valence-corrected chi connectivity index (χ1v) is 0.309. The molecular formula is F2OU. The summed E-state index contributed by atoms with van der Waals surface area (Å²) in [5.74, 6) is 0. The largest absolute Gasteiger partial charge is 0.0209 e. The molecule has 0 unspecified atom stereocenters. The van der Waals surface area contributed by atoms with E-state index in [1.165, 1.54) is 5.15 Å². The molecule has 1 nitrogen and oxygen atoms in total. The van der Waals surface area contributed by atoms with Crippen molar-refractivity contribution in [3.63, 3.8) is 0 Å². The molecule has 0 saturated heterocycles. The van der Waals surface area contributed by atoms with Crippen LogP contribution in [0.25, 0.3) is 0 Å². The van der Waals surface area contributed by atoms with Gasteiger partial charge in [-0.2, -0.15) is 0 Å². The maximum absolute atomic E-state index is 9.12. The molecule has 24 valence electrons. The van der Waals surface area contributed by atoms with Gasteiger partial charge in [-0.1, -0.05) is 0 Å². The first-order chi connectivity index (χ1) is 1.41. The van der Waals surface area contributed by atoms with Gasteiger partial charge in [-0.15, -0.1) is 0 Å². The van der Waals surface area contributed by atoms with Crippen molar-refractivity contribution in [2.45, 2.75) is 0 Å². The maximum atomic E-state index is 9.12. The molecule has 0 aromatic rings. The van der Waals surface area contributed by atoms with Gasteiger partial charge in [0.15, 0.2) is 0 Å². The Balaban J connectivity index is 0. The van der Waals surface area contributed by atoms with Crippen LogP contribution in [0.4, 0.5) is 9.05 Å². The van der Waals surface area contributed by atoms with Crippen molar-refractivity contribution in [1.82, 2.24) is 0 Å². The molecule has 0 N–H and O–H groups in total. The molecule has 0 fully saturated rings. The summed E-state index contributed by atoms with van der Waals surface area (Å²) in [7, 11) is 0. The third-order valence-electron chi connectivity index (χ3n) is 0. The fraction of sp³-hybridized carbons (Fsp3) is 0. The Labute approximate surface area is 45.5 Å². The summed E-state index contributed by atoms with van der Waals surface area (Å²) < 4.78 is 18.2. The Bertz CT molecular complexity index is 6.00. The zero-order chi connectivity index (χ0) is 2.71. The Morgan fingerprint density at radius 1 is 1.25 bits per heavy atom. The summed E-state index contributed by atoms with van der Waals surface area (Å²) in [6.07, 6.45) is 0. The normalized spacial score (nSPS) is 4.50. The summed E-state index contributed by atoms with van der Waals surface area (Å²) in [6.45, 7) is 0. The minimum atomic E-state index is 0. The van der Waals surface area contributed by atoms with E-state index in [4.69, 9.17) is 9.05 Å². The van der Waals surface area contributed by atoms with E-state index in [1.807, 2.05) is 0 Å². The van der Waals surface area contributed by atoms with Crippen molar-refractivity contribution in [3.05, 3.63) is 0 Å². The standard InChI is InChI=1S/F2O.U/c1-3-2;. The average molecular weight is 292 g/mol. The van der Waals surface area contributed by atoms with Crippen molar-refractivity contribution >= 4 is 0 Å². The molecule has 0 heterocycles. The minimum Gasteiger partial charge on any atom is -0.0104 e. The molecule has 0 radical (unpaired) electrons. The first kappa shape index (κ1) is 8.86. The summed E-state index contributed by atoms with van der Waals surface area (Å²) in [5.41, 5.74) is 0. The third-order valence-corrected chi connectivity index (χ3v) is 0. The van der Waals surface area contributed by atoms with Crippen LogP contribution in [0, 0.1) is 31.1 Å². The van der Waals surface area contributed by atoms with Crippen LogP contribution in [0.1, 0.15) is 0 Å². The van der Waals surface area contributed by atoms with Gasteiger partial charge in [0.1, 0.15) is 0 Å². The van der Waals surface area contributed by atoms with Gasteiger partial charge in [0, 0.05) is 36.3 Å². The number of hydrogen-bond acceptors (Lipinski definition) is 1. The second-order valence-electron chi connectivity index (χ2n) is 0.0583. The SMILES string of the molecule is FOF.[U]. The van der Waals surface area contributed by atoms with Gasteiger partial charge in [-0.25, -0.2) is 0 Å². The first-order valence-electron chi connectivity index (χ1n) is 0.309. The Morgan fingerprint density at radius 2 is 1.25 bits per heavy atom. The van der Waals surface area contributed by atoms with Crippen molar-refractivity contribution in [2.24, 2.45) is 0 Å². The summed E-state index contributed by atoms with van der Waals surface area (Å²) in [6, 6.07) is 0. The molecule has 0 rings (SSSR count). The molecule has 0 aromatic heterocycles. The van der Waals surface area contributed by atoms with Gasteiger partial charge in [0.25, 0.3) is 0 Å². The van der Waals surface area contributed by atoms with Crippen LogP contribution in [-0.2, 0) is 5.15 Å². The Kier molecular flexibility index (Phi) is 20.2.